The predicted molar refractivity (Wildman–Crippen MR) is 76.7 cm³/mol. The number of aliphatic carboxylic acids is 1. The number of carboxylic acids is 1. The van der Waals surface area contributed by atoms with Gasteiger partial charge in [0.25, 0.3) is 5.69 Å². The minimum atomic E-state index is -1.13. The quantitative estimate of drug-likeness (QED) is 0.389. The Balaban J connectivity index is 2.40. The molecule has 2 N–H and O–H groups in total. The summed E-state index contributed by atoms with van der Waals surface area (Å²) in [6.07, 6.45) is 1.42. The summed E-state index contributed by atoms with van der Waals surface area (Å²) in [6.45, 7) is 0. The molecule has 6 nitrogen and oxygen atoms in total. The van der Waals surface area contributed by atoms with Crippen molar-refractivity contribution in [2.45, 2.75) is 0 Å². The Morgan fingerprint density at radius 1 is 1.05 bits per heavy atom. The molecule has 6 heteroatoms. The van der Waals surface area contributed by atoms with Crippen LogP contribution in [0.15, 0.2) is 48.5 Å². The van der Waals surface area contributed by atoms with Gasteiger partial charge in [0, 0.05) is 12.1 Å². The smallest absolute Gasteiger partial charge is 0.336 e. The number of phenols is 1. The van der Waals surface area contributed by atoms with Gasteiger partial charge in [0.1, 0.15) is 5.75 Å². The Labute approximate surface area is 119 Å². The van der Waals surface area contributed by atoms with Gasteiger partial charge >= 0.3 is 5.97 Å². The Kier molecular flexibility index (Phi) is 3.99. The highest BCUT2D eigenvalue weighted by atomic mass is 16.6. The molecule has 21 heavy (non-hydrogen) atoms. The maximum atomic E-state index is 11.3. The molecule has 106 valence electrons. The molecule has 0 aliphatic heterocycles. The van der Waals surface area contributed by atoms with Crippen molar-refractivity contribution in [3.63, 3.8) is 0 Å². The number of aromatic hydroxyl groups is 1. The first-order valence-corrected chi connectivity index (χ1v) is 5.96. The summed E-state index contributed by atoms with van der Waals surface area (Å²) in [6, 6.07) is 11.3. The number of carbonyl (C=O) groups is 1. The summed E-state index contributed by atoms with van der Waals surface area (Å²) < 4.78 is 0. The van der Waals surface area contributed by atoms with E-state index in [0.29, 0.717) is 11.1 Å². The standard InChI is InChI=1S/C15H11NO5/c17-13-7-3-11(4-8-13)14(15(18)19)9-10-1-5-12(6-2-10)16(20)21/h1-9,17H,(H,18,19)/b14-9-. The molecule has 0 unspecified atom stereocenters. The minimum Gasteiger partial charge on any atom is -0.508 e. The van der Waals surface area contributed by atoms with Gasteiger partial charge < -0.3 is 10.2 Å². The first kappa shape index (κ1) is 14.3. The number of non-ortho nitro benzene ring substituents is 1. The lowest BCUT2D eigenvalue weighted by molar-refractivity contribution is -0.384. The maximum absolute atomic E-state index is 11.3. The third-order valence-electron chi connectivity index (χ3n) is 2.82. The summed E-state index contributed by atoms with van der Waals surface area (Å²) in [5.41, 5.74) is 0.933. The Morgan fingerprint density at radius 3 is 2.10 bits per heavy atom. The summed E-state index contributed by atoms with van der Waals surface area (Å²) in [4.78, 5) is 21.4. The van der Waals surface area contributed by atoms with Gasteiger partial charge in [0.05, 0.1) is 10.5 Å². The van der Waals surface area contributed by atoms with E-state index in [1.807, 2.05) is 0 Å². The molecule has 2 rings (SSSR count). The van der Waals surface area contributed by atoms with Gasteiger partial charge in [0.2, 0.25) is 0 Å². The molecule has 0 amide bonds. The van der Waals surface area contributed by atoms with Crippen LogP contribution in [0.4, 0.5) is 5.69 Å². The van der Waals surface area contributed by atoms with E-state index in [4.69, 9.17) is 0 Å². The van der Waals surface area contributed by atoms with E-state index in [1.165, 1.54) is 54.6 Å². The second kappa shape index (κ2) is 5.87. The zero-order valence-electron chi connectivity index (χ0n) is 10.8. The molecule has 2 aromatic carbocycles. The Bertz CT molecular complexity index is 702. The molecule has 2 aromatic rings. The lowest BCUT2D eigenvalue weighted by atomic mass is 10.0. The molecule has 0 saturated heterocycles. The summed E-state index contributed by atoms with van der Waals surface area (Å²) in [5, 5.41) is 29.0. The summed E-state index contributed by atoms with van der Waals surface area (Å²) in [7, 11) is 0. The monoisotopic (exact) mass is 285 g/mol. The number of rotatable bonds is 4. The average molecular weight is 285 g/mol. The van der Waals surface area contributed by atoms with Crippen LogP contribution in [0, 0.1) is 10.1 Å². The topological polar surface area (TPSA) is 101 Å². The number of carboxylic acid groups (broad SMARTS) is 1. The van der Waals surface area contributed by atoms with Crippen LogP contribution in [0.2, 0.25) is 0 Å². The van der Waals surface area contributed by atoms with E-state index in [9.17, 15) is 25.1 Å². The third-order valence-corrected chi connectivity index (χ3v) is 2.82. The van der Waals surface area contributed by atoms with Gasteiger partial charge in [-0.2, -0.15) is 0 Å². The molecule has 0 saturated carbocycles. The van der Waals surface area contributed by atoms with Crippen molar-refractivity contribution in [1.82, 2.24) is 0 Å². The van der Waals surface area contributed by atoms with Gasteiger partial charge in [-0.1, -0.05) is 12.1 Å². The third kappa shape index (κ3) is 3.44. The SMILES string of the molecule is O=C(O)/C(=C\c1ccc([N+](=O)[O-])cc1)c1ccc(O)cc1. The molecule has 0 radical (unpaired) electrons. The van der Waals surface area contributed by atoms with Crippen molar-refractivity contribution in [3.8, 4) is 5.75 Å². The second-order valence-corrected chi connectivity index (χ2v) is 4.26. The fraction of sp³-hybridized carbons (Fsp3) is 0. The minimum absolute atomic E-state index is 0.0313. The van der Waals surface area contributed by atoms with Crippen LogP contribution in [-0.4, -0.2) is 21.1 Å². The zero-order valence-corrected chi connectivity index (χ0v) is 10.8. The molecular formula is C15H11NO5. The van der Waals surface area contributed by atoms with Gasteiger partial charge in [0.15, 0.2) is 0 Å². The number of nitrogens with zero attached hydrogens (tertiary/aromatic N) is 1. The van der Waals surface area contributed by atoms with Crippen LogP contribution >= 0.6 is 0 Å². The van der Waals surface area contributed by atoms with Crippen LogP contribution in [0.3, 0.4) is 0 Å². The molecule has 0 bridgehead atoms. The second-order valence-electron chi connectivity index (χ2n) is 4.26. The van der Waals surface area contributed by atoms with Crippen molar-refractivity contribution in [2.75, 3.05) is 0 Å². The van der Waals surface area contributed by atoms with Crippen molar-refractivity contribution in [3.05, 3.63) is 69.8 Å². The van der Waals surface area contributed by atoms with Gasteiger partial charge in [-0.15, -0.1) is 0 Å². The average Bonchev–Trinajstić information content (AvgIpc) is 2.46. The summed E-state index contributed by atoms with van der Waals surface area (Å²) in [5.74, 6) is -1.09. The Hall–Kier alpha value is -3.15. The normalized spacial score (nSPS) is 11.1. The van der Waals surface area contributed by atoms with Crippen molar-refractivity contribution >= 4 is 23.3 Å². The zero-order chi connectivity index (χ0) is 15.4. The first-order valence-electron chi connectivity index (χ1n) is 5.96. The van der Waals surface area contributed by atoms with E-state index in [-0.39, 0.29) is 17.0 Å². The fourth-order valence-corrected chi connectivity index (χ4v) is 1.77. The number of nitro groups is 1. The van der Waals surface area contributed by atoms with E-state index in [2.05, 4.69) is 0 Å². The lowest BCUT2D eigenvalue weighted by Gasteiger charge is -2.03. The number of nitro benzene ring substituents is 1. The van der Waals surface area contributed by atoms with E-state index in [0.717, 1.165) is 0 Å². The molecule has 0 atom stereocenters. The molecule has 0 spiro atoms. The molecular weight excluding hydrogens is 274 g/mol. The van der Waals surface area contributed by atoms with Crippen LogP contribution in [0.5, 0.6) is 5.75 Å². The van der Waals surface area contributed by atoms with E-state index >= 15 is 0 Å². The molecule has 0 aliphatic rings. The van der Waals surface area contributed by atoms with E-state index < -0.39 is 10.9 Å². The van der Waals surface area contributed by atoms with Crippen LogP contribution < -0.4 is 0 Å². The van der Waals surface area contributed by atoms with Crippen LogP contribution in [-0.2, 0) is 4.79 Å². The van der Waals surface area contributed by atoms with Crippen LogP contribution in [0.25, 0.3) is 11.6 Å². The number of hydrogen-bond donors (Lipinski definition) is 2. The number of hydrogen-bond acceptors (Lipinski definition) is 4. The number of benzene rings is 2. The van der Waals surface area contributed by atoms with Crippen molar-refractivity contribution in [1.29, 1.82) is 0 Å². The van der Waals surface area contributed by atoms with Crippen LogP contribution in [0.1, 0.15) is 11.1 Å². The highest BCUT2D eigenvalue weighted by Crippen LogP contribution is 2.22. The number of phenolic OH excluding ortho intramolecular Hbond substituents is 1. The fourth-order valence-electron chi connectivity index (χ4n) is 1.77. The molecule has 0 fully saturated rings. The van der Waals surface area contributed by atoms with Gasteiger partial charge in [-0.3, -0.25) is 10.1 Å². The summed E-state index contributed by atoms with van der Waals surface area (Å²) >= 11 is 0. The van der Waals surface area contributed by atoms with Gasteiger partial charge in [-0.05, 0) is 41.5 Å². The van der Waals surface area contributed by atoms with E-state index in [1.54, 1.807) is 0 Å². The van der Waals surface area contributed by atoms with Gasteiger partial charge in [-0.25, -0.2) is 4.79 Å². The van der Waals surface area contributed by atoms with Crippen molar-refractivity contribution in [2.24, 2.45) is 0 Å². The molecule has 0 aliphatic carbocycles. The first-order chi connectivity index (χ1) is 9.97. The maximum Gasteiger partial charge on any atom is 0.336 e. The largest absolute Gasteiger partial charge is 0.508 e. The molecule has 0 heterocycles. The molecule has 0 aromatic heterocycles. The predicted octanol–water partition coefficient (Wildman–Crippen LogP) is 2.93. The van der Waals surface area contributed by atoms with Crippen molar-refractivity contribution < 1.29 is 19.9 Å². The Morgan fingerprint density at radius 2 is 1.62 bits per heavy atom. The highest BCUT2D eigenvalue weighted by molar-refractivity contribution is 6.20. The highest BCUT2D eigenvalue weighted by Gasteiger charge is 2.11. The lowest BCUT2D eigenvalue weighted by Crippen LogP contribution is -1.99.